The number of unbranched alkanes of at least 4 members (excludes halogenated alkanes) is 4. The average Bonchev–Trinajstić information content (AvgIpc) is 3.07. The van der Waals surface area contributed by atoms with Crippen LogP contribution in [-0.2, 0) is 28.8 Å². The molecule has 0 aliphatic rings. The first-order valence-electron chi connectivity index (χ1n) is 18.9. The number of ketones is 2. The molecule has 0 fully saturated rings. The molecule has 0 bridgehead atoms. The van der Waals surface area contributed by atoms with Crippen LogP contribution in [0.4, 0.5) is 0 Å². The Bertz CT molecular complexity index is 1000. The maximum Gasteiger partial charge on any atom is 0.243 e. The molecule has 15 heteroatoms. The van der Waals surface area contributed by atoms with E-state index in [-0.39, 0.29) is 30.3 Å². The van der Waals surface area contributed by atoms with Gasteiger partial charge in [-0.25, -0.2) is 0 Å². The molecule has 9 N–H and O–H groups in total. The first kappa shape index (κ1) is 48.0. The molecule has 296 valence electrons. The first-order valence-corrected chi connectivity index (χ1v) is 18.9. The number of hydrogen-bond acceptors (Lipinski definition) is 11. The lowest BCUT2D eigenvalue weighted by Crippen LogP contribution is -2.58. The van der Waals surface area contributed by atoms with Gasteiger partial charge in [-0.05, 0) is 146 Å². The van der Waals surface area contributed by atoms with Crippen molar-refractivity contribution in [2.45, 2.75) is 134 Å². The number of amides is 4. The zero-order chi connectivity index (χ0) is 38.4. The van der Waals surface area contributed by atoms with Crippen molar-refractivity contribution in [3.05, 3.63) is 0 Å². The maximum absolute atomic E-state index is 13.9. The lowest BCUT2D eigenvalue weighted by Gasteiger charge is -2.27. The smallest absolute Gasteiger partial charge is 0.243 e. The van der Waals surface area contributed by atoms with Gasteiger partial charge in [0.05, 0.1) is 6.04 Å². The number of nitrogens with one attached hydrogen (secondary N) is 9. The summed E-state index contributed by atoms with van der Waals surface area (Å²) in [5.74, 6) is -2.04. The zero-order valence-corrected chi connectivity index (χ0v) is 32.6. The van der Waals surface area contributed by atoms with E-state index in [0.717, 1.165) is 58.3 Å². The van der Waals surface area contributed by atoms with Crippen LogP contribution in [0.5, 0.6) is 0 Å². The van der Waals surface area contributed by atoms with E-state index in [1.165, 1.54) is 13.8 Å². The summed E-state index contributed by atoms with van der Waals surface area (Å²) in [7, 11) is 9.15. The highest BCUT2D eigenvalue weighted by Gasteiger charge is 2.31. The van der Waals surface area contributed by atoms with Gasteiger partial charge in [-0.2, -0.15) is 0 Å². The van der Waals surface area contributed by atoms with Gasteiger partial charge in [0.25, 0.3) is 0 Å². The maximum atomic E-state index is 13.9. The number of hydrogen-bond donors (Lipinski definition) is 9. The number of likely N-dealkylation sites (N-methyl/N-ethyl adjacent to an activating group) is 1. The minimum absolute atomic E-state index is 0.00166. The van der Waals surface area contributed by atoms with Crippen LogP contribution in [0.15, 0.2) is 0 Å². The summed E-state index contributed by atoms with van der Waals surface area (Å²) >= 11 is 0. The molecule has 0 rings (SSSR count). The zero-order valence-electron chi connectivity index (χ0n) is 32.6. The Labute approximate surface area is 306 Å². The van der Waals surface area contributed by atoms with Crippen LogP contribution in [0.1, 0.15) is 104 Å². The normalized spacial score (nSPS) is 13.6. The van der Waals surface area contributed by atoms with E-state index in [1.54, 1.807) is 7.05 Å². The Kier molecular flexibility index (Phi) is 28.8. The van der Waals surface area contributed by atoms with Crippen LogP contribution in [-0.4, -0.2) is 127 Å². The molecule has 0 saturated carbocycles. The minimum atomic E-state index is -0.953. The molecular formula is C36H71N9O6. The summed E-state index contributed by atoms with van der Waals surface area (Å²) in [6, 6.07) is -3.89. The quantitative estimate of drug-likeness (QED) is 0.0412. The highest BCUT2D eigenvalue weighted by molar-refractivity contribution is 5.95. The highest BCUT2D eigenvalue weighted by atomic mass is 16.2. The minimum Gasteiger partial charge on any atom is -0.351 e. The molecule has 51 heavy (non-hydrogen) atoms. The Hall–Kier alpha value is -2.98. The summed E-state index contributed by atoms with van der Waals surface area (Å²) in [6.45, 7) is 5.88. The van der Waals surface area contributed by atoms with Crippen LogP contribution in [0.3, 0.4) is 0 Å². The topological polar surface area (TPSA) is 211 Å². The lowest BCUT2D eigenvalue weighted by molar-refractivity contribution is -0.134. The lowest BCUT2D eigenvalue weighted by atomic mass is 10.0. The standard InChI is InChI=1S/C36H71N9O6/c1-26(46)24-28(25-27(2)47)42-34(49)30(17-9-13-21-38-4)44-36(51)32(19-11-15-23-40-6)45-35(50)31(18-10-14-22-39-5)43-33(48)29(41-7)16-8-12-20-37-3/h28-32,37-41H,8-25H2,1-7H3,(H,42,49)(H,43,48)(H,44,51)(H,45,50). The van der Waals surface area contributed by atoms with Gasteiger partial charge in [-0.1, -0.05) is 6.42 Å². The largest absolute Gasteiger partial charge is 0.351 e. The van der Waals surface area contributed by atoms with Gasteiger partial charge in [-0.3, -0.25) is 28.8 Å². The molecule has 4 unspecified atom stereocenters. The van der Waals surface area contributed by atoms with Crippen LogP contribution in [0.2, 0.25) is 0 Å². The average molecular weight is 726 g/mol. The fourth-order valence-electron chi connectivity index (χ4n) is 5.80. The van der Waals surface area contributed by atoms with E-state index < -0.39 is 47.9 Å². The summed E-state index contributed by atoms with van der Waals surface area (Å²) in [5, 5.41) is 27.0. The van der Waals surface area contributed by atoms with Crippen molar-refractivity contribution < 1.29 is 28.8 Å². The van der Waals surface area contributed by atoms with Gasteiger partial charge in [0, 0.05) is 18.9 Å². The fraction of sp³-hybridized carbons (Fsp3) is 0.833. The number of rotatable bonds is 33. The van der Waals surface area contributed by atoms with Crippen LogP contribution >= 0.6 is 0 Å². The first-order chi connectivity index (χ1) is 24.4. The van der Waals surface area contributed by atoms with E-state index in [2.05, 4.69) is 47.9 Å². The Morgan fingerprint density at radius 2 is 0.667 bits per heavy atom. The molecule has 4 amide bonds. The Balaban J connectivity index is 6.13. The van der Waals surface area contributed by atoms with Crippen molar-refractivity contribution in [1.29, 1.82) is 0 Å². The highest BCUT2D eigenvalue weighted by Crippen LogP contribution is 2.10. The van der Waals surface area contributed by atoms with Crippen molar-refractivity contribution in [2.24, 2.45) is 0 Å². The van der Waals surface area contributed by atoms with Crippen molar-refractivity contribution in [3.63, 3.8) is 0 Å². The SMILES string of the molecule is CNCCCCC(NC)C(=O)NC(CCCCNC)C(=O)NC(CCCCNC)C(=O)NC(CCCCNC)C(=O)NC(CC(C)=O)CC(C)=O. The van der Waals surface area contributed by atoms with Gasteiger partial charge < -0.3 is 47.9 Å². The van der Waals surface area contributed by atoms with Crippen LogP contribution in [0.25, 0.3) is 0 Å². The summed E-state index contributed by atoms with van der Waals surface area (Å²) in [6.07, 6.45) is 7.71. The summed E-state index contributed by atoms with van der Waals surface area (Å²) in [5.41, 5.74) is 0. The van der Waals surface area contributed by atoms with E-state index in [0.29, 0.717) is 44.9 Å². The fourth-order valence-corrected chi connectivity index (χ4v) is 5.80. The molecule has 0 aromatic rings. The summed E-state index contributed by atoms with van der Waals surface area (Å²) in [4.78, 5) is 78.4. The molecular weight excluding hydrogens is 654 g/mol. The molecule has 0 heterocycles. The van der Waals surface area contributed by atoms with Gasteiger partial charge in [0.1, 0.15) is 29.7 Å². The molecule has 15 nitrogen and oxygen atoms in total. The van der Waals surface area contributed by atoms with Crippen LogP contribution < -0.4 is 47.9 Å². The molecule has 0 spiro atoms. The van der Waals surface area contributed by atoms with Gasteiger partial charge in [0.15, 0.2) is 0 Å². The van der Waals surface area contributed by atoms with Gasteiger partial charge in [-0.15, -0.1) is 0 Å². The molecule has 0 aliphatic heterocycles. The second kappa shape index (κ2) is 30.6. The second-order valence-electron chi connectivity index (χ2n) is 13.4. The summed E-state index contributed by atoms with van der Waals surface area (Å²) < 4.78 is 0. The van der Waals surface area contributed by atoms with Crippen molar-refractivity contribution >= 4 is 35.2 Å². The van der Waals surface area contributed by atoms with E-state index in [4.69, 9.17) is 0 Å². The molecule has 0 aliphatic carbocycles. The molecule has 0 radical (unpaired) electrons. The van der Waals surface area contributed by atoms with Crippen molar-refractivity contribution in [2.75, 3.05) is 61.4 Å². The molecule has 0 aromatic heterocycles. The van der Waals surface area contributed by atoms with E-state index in [9.17, 15) is 28.8 Å². The van der Waals surface area contributed by atoms with Crippen LogP contribution in [0, 0.1) is 0 Å². The molecule has 4 atom stereocenters. The van der Waals surface area contributed by atoms with E-state index in [1.807, 2.05) is 28.2 Å². The van der Waals surface area contributed by atoms with Crippen molar-refractivity contribution in [1.82, 2.24) is 47.9 Å². The monoisotopic (exact) mass is 726 g/mol. The van der Waals surface area contributed by atoms with Gasteiger partial charge in [0.2, 0.25) is 23.6 Å². The number of carbonyl (C=O) groups excluding carboxylic acids is 6. The third-order valence-corrected chi connectivity index (χ3v) is 8.66. The Morgan fingerprint density at radius 1 is 0.392 bits per heavy atom. The second-order valence-corrected chi connectivity index (χ2v) is 13.4. The third-order valence-electron chi connectivity index (χ3n) is 8.66. The predicted octanol–water partition coefficient (Wildman–Crippen LogP) is 0.0306. The number of Topliss-reactive ketones (excluding diaryl/α,β-unsaturated/α-hetero) is 2. The number of carbonyl (C=O) groups is 6. The third kappa shape index (κ3) is 24.0. The van der Waals surface area contributed by atoms with Crippen molar-refractivity contribution in [3.8, 4) is 0 Å². The molecule has 0 saturated heterocycles. The molecule has 0 aromatic carbocycles. The van der Waals surface area contributed by atoms with Gasteiger partial charge >= 0.3 is 0 Å². The predicted molar refractivity (Wildman–Crippen MR) is 202 cm³/mol. The Morgan fingerprint density at radius 3 is 0.941 bits per heavy atom. The van der Waals surface area contributed by atoms with E-state index >= 15 is 0 Å².